The first kappa shape index (κ1) is 44.7. The molecule has 0 saturated carbocycles. The second-order valence-corrected chi connectivity index (χ2v) is 13.8. The van der Waals surface area contributed by atoms with Crippen molar-refractivity contribution in [3.05, 3.63) is 152 Å². The Morgan fingerprint density at radius 3 is 0.980 bits per heavy atom. The standard InChI is InChI=1S/C12H18.2C10H14.C8H12O.C8H12S/c1-3-5-11-7-9-12(6-4-2)10-8-11;1-3-9-5-7-10(4-2)8-6-9;1-3-9-6-5-7-10(4-2)8-9;2*1-3-7-5-6-8(4-2)9-7/h7-10H,3-6H2,1-2H3;2*5-8H,3-4H2,1-2H3;2*5-6H,3-4H2,1-2H3. The SMILES string of the molecule is CCCc1ccc(CCC)cc1.CCc1ccc(CC)cc1.CCc1ccc(CC)o1.CCc1ccc(CC)s1.CCc1cccc(CC)c1. The van der Waals surface area contributed by atoms with Gasteiger partial charge in [0, 0.05) is 22.6 Å². The Balaban J connectivity index is 0.000000314. The fraction of sp³-hybridized carbons (Fsp3) is 0.458. The summed E-state index contributed by atoms with van der Waals surface area (Å²) in [4.78, 5) is 3.01. The number of rotatable bonds is 12. The summed E-state index contributed by atoms with van der Waals surface area (Å²) in [6, 6.07) is 35.2. The zero-order valence-corrected chi connectivity index (χ0v) is 34.4. The molecule has 3 aromatic carbocycles. The summed E-state index contributed by atoms with van der Waals surface area (Å²) in [6.45, 7) is 21.8. The van der Waals surface area contributed by atoms with Gasteiger partial charge < -0.3 is 4.42 Å². The first-order chi connectivity index (χ1) is 24.3. The molecule has 274 valence electrons. The van der Waals surface area contributed by atoms with Crippen molar-refractivity contribution in [1.82, 2.24) is 0 Å². The highest BCUT2D eigenvalue weighted by Crippen LogP contribution is 2.16. The Bertz CT molecular complexity index is 1340. The van der Waals surface area contributed by atoms with E-state index in [-0.39, 0.29) is 0 Å². The van der Waals surface area contributed by atoms with Crippen LogP contribution in [0.5, 0.6) is 0 Å². The molecule has 2 heterocycles. The maximum atomic E-state index is 5.38. The van der Waals surface area contributed by atoms with Crippen molar-refractivity contribution < 1.29 is 4.42 Å². The van der Waals surface area contributed by atoms with Crippen molar-refractivity contribution in [2.75, 3.05) is 0 Å². The van der Waals surface area contributed by atoms with Crippen LogP contribution in [-0.2, 0) is 64.2 Å². The van der Waals surface area contributed by atoms with Crippen molar-refractivity contribution in [2.24, 2.45) is 0 Å². The van der Waals surface area contributed by atoms with Gasteiger partial charge in [-0.2, -0.15) is 0 Å². The third-order valence-electron chi connectivity index (χ3n) is 8.58. The number of aryl methyl sites for hydroxylation is 10. The molecule has 0 atom stereocenters. The van der Waals surface area contributed by atoms with Crippen LogP contribution in [0.3, 0.4) is 0 Å². The van der Waals surface area contributed by atoms with Crippen LogP contribution in [0.1, 0.15) is 137 Å². The minimum absolute atomic E-state index is 1.00. The average Bonchev–Trinajstić information content (AvgIpc) is 3.87. The fourth-order valence-electron chi connectivity index (χ4n) is 5.13. The van der Waals surface area contributed by atoms with Crippen LogP contribution in [0, 0.1) is 0 Å². The van der Waals surface area contributed by atoms with Gasteiger partial charge in [0.25, 0.3) is 0 Å². The van der Waals surface area contributed by atoms with Gasteiger partial charge in [-0.3, -0.25) is 0 Å². The minimum Gasteiger partial charge on any atom is -0.466 e. The molecular formula is C48H70OS. The number of benzene rings is 3. The number of thiophene rings is 1. The third-order valence-corrected chi connectivity index (χ3v) is 9.95. The topological polar surface area (TPSA) is 13.1 Å². The van der Waals surface area contributed by atoms with Crippen LogP contribution in [0.4, 0.5) is 0 Å². The van der Waals surface area contributed by atoms with E-state index < -0.39 is 0 Å². The van der Waals surface area contributed by atoms with Crippen LogP contribution in [0.25, 0.3) is 0 Å². The van der Waals surface area contributed by atoms with Crippen molar-refractivity contribution >= 4 is 11.3 Å². The van der Waals surface area contributed by atoms with Gasteiger partial charge in [-0.1, -0.05) is 155 Å². The highest BCUT2D eigenvalue weighted by Gasteiger charge is 1.96. The molecule has 0 radical (unpaired) electrons. The molecule has 0 amide bonds. The molecule has 5 aromatic rings. The molecule has 2 heteroatoms. The largest absolute Gasteiger partial charge is 0.466 e. The fourth-order valence-corrected chi connectivity index (χ4v) is 6.03. The van der Waals surface area contributed by atoms with Gasteiger partial charge in [0.05, 0.1) is 0 Å². The van der Waals surface area contributed by atoms with Gasteiger partial charge in [-0.25, -0.2) is 0 Å². The first-order valence-electron chi connectivity index (χ1n) is 19.7. The summed E-state index contributed by atoms with van der Waals surface area (Å²) in [5.41, 5.74) is 8.68. The Hall–Kier alpha value is -3.36. The third kappa shape index (κ3) is 19.1. The Morgan fingerprint density at radius 1 is 0.360 bits per heavy atom. The highest BCUT2D eigenvalue weighted by molar-refractivity contribution is 7.11. The summed E-state index contributed by atoms with van der Waals surface area (Å²) in [5.74, 6) is 2.18. The summed E-state index contributed by atoms with van der Waals surface area (Å²) in [5, 5.41) is 0. The zero-order valence-electron chi connectivity index (χ0n) is 33.5. The van der Waals surface area contributed by atoms with Gasteiger partial charge in [-0.05, 0) is 109 Å². The van der Waals surface area contributed by atoms with Crippen LogP contribution in [0.15, 0.2) is 101 Å². The molecule has 0 aliphatic heterocycles. The Morgan fingerprint density at radius 2 is 0.720 bits per heavy atom. The average molecular weight is 695 g/mol. The van der Waals surface area contributed by atoms with E-state index in [0.717, 1.165) is 50.0 Å². The summed E-state index contributed by atoms with van der Waals surface area (Å²) < 4.78 is 5.38. The van der Waals surface area contributed by atoms with Crippen LogP contribution in [-0.4, -0.2) is 0 Å². The van der Waals surface area contributed by atoms with Crippen LogP contribution < -0.4 is 0 Å². The molecule has 0 N–H and O–H groups in total. The van der Waals surface area contributed by atoms with Crippen LogP contribution >= 0.6 is 11.3 Å². The summed E-state index contributed by atoms with van der Waals surface area (Å²) in [6.07, 6.45) is 13.9. The predicted molar refractivity (Wildman–Crippen MR) is 225 cm³/mol. The number of furan rings is 1. The highest BCUT2D eigenvalue weighted by atomic mass is 32.1. The summed E-state index contributed by atoms with van der Waals surface area (Å²) >= 11 is 1.93. The lowest BCUT2D eigenvalue weighted by molar-refractivity contribution is 0.474. The van der Waals surface area contributed by atoms with E-state index in [9.17, 15) is 0 Å². The second kappa shape index (κ2) is 28.3. The molecule has 0 saturated heterocycles. The van der Waals surface area contributed by atoms with Crippen molar-refractivity contribution in [1.29, 1.82) is 0 Å². The number of hydrogen-bond acceptors (Lipinski definition) is 2. The van der Waals surface area contributed by atoms with Gasteiger partial charge in [0.15, 0.2) is 0 Å². The van der Waals surface area contributed by atoms with E-state index in [1.807, 2.05) is 23.5 Å². The van der Waals surface area contributed by atoms with Crippen molar-refractivity contribution in [2.45, 2.75) is 146 Å². The second-order valence-electron chi connectivity index (χ2n) is 12.5. The zero-order chi connectivity index (χ0) is 37.0. The van der Waals surface area contributed by atoms with E-state index in [0.29, 0.717) is 0 Å². The predicted octanol–water partition coefficient (Wildman–Crippen LogP) is 14.5. The normalized spacial score (nSPS) is 9.96. The molecule has 50 heavy (non-hydrogen) atoms. The smallest absolute Gasteiger partial charge is 0.103 e. The monoisotopic (exact) mass is 695 g/mol. The lowest BCUT2D eigenvalue weighted by atomic mass is 10.1. The van der Waals surface area contributed by atoms with E-state index in [2.05, 4.69) is 154 Å². The Labute approximate surface area is 312 Å². The van der Waals surface area contributed by atoms with E-state index in [1.54, 1.807) is 0 Å². The molecule has 5 rings (SSSR count). The molecule has 0 aliphatic carbocycles. The molecule has 1 nitrogen and oxygen atoms in total. The van der Waals surface area contributed by atoms with E-state index >= 15 is 0 Å². The lowest BCUT2D eigenvalue weighted by Gasteiger charge is -2.01. The first-order valence-corrected chi connectivity index (χ1v) is 20.5. The molecule has 0 fully saturated rings. The van der Waals surface area contributed by atoms with Gasteiger partial charge in [-0.15, -0.1) is 11.3 Å². The minimum atomic E-state index is 1.00. The maximum absolute atomic E-state index is 5.38. The van der Waals surface area contributed by atoms with Crippen molar-refractivity contribution in [3.8, 4) is 0 Å². The van der Waals surface area contributed by atoms with Gasteiger partial charge in [0.1, 0.15) is 11.5 Å². The summed E-state index contributed by atoms with van der Waals surface area (Å²) in [7, 11) is 0. The molecule has 0 unspecified atom stereocenters. The molecular weight excluding hydrogens is 625 g/mol. The number of hydrogen-bond donors (Lipinski definition) is 0. The lowest BCUT2D eigenvalue weighted by Crippen LogP contribution is -1.85. The quantitative estimate of drug-likeness (QED) is 0.127. The van der Waals surface area contributed by atoms with Crippen molar-refractivity contribution in [3.63, 3.8) is 0 Å². The maximum Gasteiger partial charge on any atom is 0.103 e. The van der Waals surface area contributed by atoms with E-state index in [1.165, 1.54) is 81.7 Å². The molecule has 0 aliphatic rings. The van der Waals surface area contributed by atoms with Gasteiger partial charge >= 0.3 is 0 Å². The van der Waals surface area contributed by atoms with E-state index in [4.69, 9.17) is 4.42 Å². The molecule has 0 bridgehead atoms. The van der Waals surface area contributed by atoms with Crippen LogP contribution in [0.2, 0.25) is 0 Å². The Kier molecular flexibility index (Phi) is 25.3. The molecule has 2 aromatic heterocycles. The molecule has 0 spiro atoms. The van der Waals surface area contributed by atoms with Gasteiger partial charge in [0.2, 0.25) is 0 Å².